The Bertz CT molecular complexity index is 519. The van der Waals surface area contributed by atoms with Crippen molar-refractivity contribution in [3.8, 4) is 0 Å². The molecule has 0 saturated carbocycles. The predicted molar refractivity (Wildman–Crippen MR) is 82.1 cm³/mol. The van der Waals surface area contributed by atoms with Crippen LogP contribution in [0.25, 0.3) is 0 Å². The Kier molecular flexibility index (Phi) is 7.48. The number of amides is 1. The first-order chi connectivity index (χ1) is 10.5. The minimum Gasteiger partial charge on any atom is -0.385 e. The molecule has 122 valence electrons. The first kappa shape index (κ1) is 18.1. The maximum absolute atomic E-state index is 12.6. The molecule has 0 bridgehead atoms. The molecule has 0 fully saturated rings. The number of methoxy groups -OCH3 is 2. The molecule has 0 aliphatic carbocycles. The molecule has 0 saturated heterocycles. The average molecular weight is 310 g/mol. The third kappa shape index (κ3) is 4.78. The largest absolute Gasteiger partial charge is 0.385 e. The highest BCUT2D eigenvalue weighted by Gasteiger charge is 2.22. The van der Waals surface area contributed by atoms with Gasteiger partial charge in [-0.25, -0.2) is 0 Å². The minimum atomic E-state index is -0.476. The molecule has 0 atom stereocenters. The van der Waals surface area contributed by atoms with Gasteiger partial charge in [0.25, 0.3) is 11.6 Å². The summed E-state index contributed by atoms with van der Waals surface area (Å²) in [6.45, 7) is 3.49. The summed E-state index contributed by atoms with van der Waals surface area (Å²) in [5.41, 5.74) is 0.684. The molecule has 1 amide bonds. The van der Waals surface area contributed by atoms with E-state index < -0.39 is 4.92 Å². The van der Waals surface area contributed by atoms with Gasteiger partial charge in [-0.15, -0.1) is 0 Å². The van der Waals surface area contributed by atoms with Gasteiger partial charge in [-0.3, -0.25) is 14.9 Å². The van der Waals surface area contributed by atoms with E-state index in [1.54, 1.807) is 32.1 Å². The van der Waals surface area contributed by atoms with Gasteiger partial charge in [-0.05, 0) is 19.4 Å². The van der Waals surface area contributed by atoms with Crippen molar-refractivity contribution in [2.24, 2.45) is 0 Å². The number of ether oxygens (including phenoxy) is 2. The fourth-order valence-electron chi connectivity index (χ4n) is 2.14. The number of benzene rings is 1. The fourth-order valence-corrected chi connectivity index (χ4v) is 2.14. The van der Waals surface area contributed by atoms with Crippen LogP contribution in [-0.4, -0.2) is 56.3 Å². The minimum absolute atomic E-state index is 0.0468. The molecule has 0 spiro atoms. The van der Waals surface area contributed by atoms with Gasteiger partial charge < -0.3 is 14.4 Å². The van der Waals surface area contributed by atoms with Crippen molar-refractivity contribution < 1.29 is 19.2 Å². The molecule has 1 aromatic rings. The third-order valence-corrected chi connectivity index (χ3v) is 3.36. The van der Waals surface area contributed by atoms with E-state index in [-0.39, 0.29) is 11.6 Å². The van der Waals surface area contributed by atoms with E-state index in [1.165, 1.54) is 12.1 Å². The summed E-state index contributed by atoms with van der Waals surface area (Å²) in [5.74, 6) is -0.227. The average Bonchev–Trinajstić information content (AvgIpc) is 2.50. The second-order valence-electron chi connectivity index (χ2n) is 4.84. The Balaban J connectivity index is 2.97. The Morgan fingerprint density at radius 1 is 1.23 bits per heavy atom. The van der Waals surface area contributed by atoms with E-state index >= 15 is 0 Å². The molecular weight excluding hydrogens is 288 g/mol. The highest BCUT2D eigenvalue weighted by atomic mass is 16.6. The van der Waals surface area contributed by atoms with Crippen LogP contribution in [0.5, 0.6) is 0 Å². The molecule has 22 heavy (non-hydrogen) atoms. The van der Waals surface area contributed by atoms with Gasteiger partial charge in [0, 0.05) is 51.1 Å². The van der Waals surface area contributed by atoms with Crippen LogP contribution in [-0.2, 0) is 9.47 Å². The van der Waals surface area contributed by atoms with Gasteiger partial charge in [0.05, 0.1) is 11.5 Å². The van der Waals surface area contributed by atoms with Gasteiger partial charge in [0.1, 0.15) is 0 Å². The number of carbonyl (C=O) groups excluding carboxylic acids is 1. The Morgan fingerprint density at radius 3 is 2.50 bits per heavy atom. The number of hydrogen-bond donors (Lipinski definition) is 0. The molecule has 0 heterocycles. The first-order valence-corrected chi connectivity index (χ1v) is 7.04. The molecule has 1 rings (SSSR count). The van der Waals surface area contributed by atoms with Gasteiger partial charge in [-0.1, -0.05) is 6.07 Å². The van der Waals surface area contributed by atoms with Crippen molar-refractivity contribution in [3.63, 3.8) is 0 Å². The molecule has 0 N–H and O–H groups in total. The zero-order valence-corrected chi connectivity index (χ0v) is 13.2. The number of carbonyl (C=O) groups is 1. The normalized spacial score (nSPS) is 10.5. The van der Waals surface area contributed by atoms with E-state index in [0.29, 0.717) is 43.9 Å². The molecule has 0 aliphatic heterocycles. The van der Waals surface area contributed by atoms with Crippen LogP contribution in [0, 0.1) is 17.0 Å². The van der Waals surface area contributed by atoms with Gasteiger partial charge in [-0.2, -0.15) is 0 Å². The Hall–Kier alpha value is -1.99. The molecule has 7 heteroatoms. The summed E-state index contributed by atoms with van der Waals surface area (Å²) >= 11 is 0. The Morgan fingerprint density at radius 2 is 1.91 bits per heavy atom. The molecule has 0 unspecified atom stereocenters. The van der Waals surface area contributed by atoms with E-state index in [1.807, 2.05) is 0 Å². The van der Waals surface area contributed by atoms with Gasteiger partial charge >= 0.3 is 0 Å². The SMILES string of the molecule is COCCCN(CCOC)C(=O)c1cccc([N+](=O)[O-])c1C. The fraction of sp³-hybridized carbons (Fsp3) is 0.533. The molecule has 1 aromatic carbocycles. The second kappa shape index (κ2) is 9.11. The van der Waals surface area contributed by atoms with Crippen LogP contribution in [0.15, 0.2) is 18.2 Å². The maximum Gasteiger partial charge on any atom is 0.273 e. The second-order valence-corrected chi connectivity index (χ2v) is 4.84. The van der Waals surface area contributed by atoms with Crippen molar-refractivity contribution in [1.82, 2.24) is 4.90 Å². The highest BCUT2D eigenvalue weighted by molar-refractivity contribution is 5.96. The number of hydrogen-bond acceptors (Lipinski definition) is 5. The maximum atomic E-state index is 12.6. The lowest BCUT2D eigenvalue weighted by Gasteiger charge is -2.23. The zero-order valence-electron chi connectivity index (χ0n) is 13.2. The monoisotopic (exact) mass is 310 g/mol. The predicted octanol–water partition coefficient (Wildman–Crippen LogP) is 2.03. The van der Waals surface area contributed by atoms with Crippen molar-refractivity contribution in [3.05, 3.63) is 39.4 Å². The quantitative estimate of drug-likeness (QED) is 0.396. The first-order valence-electron chi connectivity index (χ1n) is 7.04. The summed E-state index contributed by atoms with van der Waals surface area (Å²) in [7, 11) is 3.17. The van der Waals surface area contributed by atoms with Crippen molar-refractivity contribution in [2.45, 2.75) is 13.3 Å². The lowest BCUT2D eigenvalue weighted by atomic mass is 10.1. The van der Waals surface area contributed by atoms with Crippen LogP contribution >= 0.6 is 0 Å². The van der Waals surface area contributed by atoms with Gasteiger partial charge in [0.15, 0.2) is 0 Å². The van der Waals surface area contributed by atoms with Crippen LogP contribution < -0.4 is 0 Å². The highest BCUT2D eigenvalue weighted by Crippen LogP contribution is 2.22. The number of nitro groups is 1. The molecule has 0 aromatic heterocycles. The summed E-state index contributed by atoms with van der Waals surface area (Å²) in [6.07, 6.45) is 0.694. The standard InChI is InChI=1S/C15H22N2O5/c1-12-13(6-4-7-14(12)17(19)20)15(18)16(9-11-22-3)8-5-10-21-2/h4,6-7H,5,8-11H2,1-3H3. The van der Waals surface area contributed by atoms with Crippen LogP contribution in [0.3, 0.4) is 0 Å². The summed E-state index contributed by atoms with van der Waals surface area (Å²) in [4.78, 5) is 24.8. The van der Waals surface area contributed by atoms with Crippen molar-refractivity contribution >= 4 is 11.6 Å². The summed E-state index contributed by atoms with van der Waals surface area (Å²) < 4.78 is 10.0. The Labute approximate surface area is 130 Å². The number of nitrogens with zero attached hydrogens (tertiary/aromatic N) is 2. The van der Waals surface area contributed by atoms with Crippen LogP contribution in [0.1, 0.15) is 22.3 Å². The molecule has 0 radical (unpaired) electrons. The lowest BCUT2D eigenvalue weighted by Crippen LogP contribution is -2.35. The van der Waals surface area contributed by atoms with Gasteiger partial charge in [0.2, 0.25) is 0 Å². The summed E-state index contributed by atoms with van der Waals surface area (Å²) in [5, 5.41) is 11.0. The van der Waals surface area contributed by atoms with Crippen molar-refractivity contribution in [2.75, 3.05) is 40.5 Å². The molecular formula is C15H22N2O5. The van der Waals surface area contributed by atoms with E-state index in [2.05, 4.69) is 0 Å². The summed E-state index contributed by atoms with van der Waals surface area (Å²) in [6, 6.07) is 4.54. The van der Waals surface area contributed by atoms with Crippen LogP contribution in [0.4, 0.5) is 5.69 Å². The number of rotatable bonds is 9. The smallest absolute Gasteiger partial charge is 0.273 e. The number of nitro benzene ring substituents is 1. The third-order valence-electron chi connectivity index (χ3n) is 3.36. The molecule has 0 aliphatic rings. The molecule has 7 nitrogen and oxygen atoms in total. The van der Waals surface area contributed by atoms with E-state index in [4.69, 9.17) is 9.47 Å². The van der Waals surface area contributed by atoms with Crippen LogP contribution in [0.2, 0.25) is 0 Å². The van der Waals surface area contributed by atoms with E-state index in [9.17, 15) is 14.9 Å². The van der Waals surface area contributed by atoms with Crippen molar-refractivity contribution in [1.29, 1.82) is 0 Å². The lowest BCUT2D eigenvalue weighted by molar-refractivity contribution is -0.385. The topological polar surface area (TPSA) is 81.9 Å². The zero-order chi connectivity index (χ0) is 16.5. The van der Waals surface area contributed by atoms with E-state index in [0.717, 1.165) is 0 Å².